The number of fused-ring (bicyclic) bond motifs is 1. The average molecular weight is 432 g/mol. The average Bonchev–Trinajstić information content (AvgIpc) is 2.79. The first-order valence-electron chi connectivity index (χ1n) is 9.78. The molecule has 0 unspecified atom stereocenters. The summed E-state index contributed by atoms with van der Waals surface area (Å²) in [6, 6.07) is 21.3. The summed E-state index contributed by atoms with van der Waals surface area (Å²) in [5.74, 6) is 1.07. The van der Waals surface area contributed by atoms with Crippen molar-refractivity contribution >= 4 is 51.1 Å². The number of hydrogen-bond acceptors (Lipinski definition) is 6. The molecule has 0 saturated heterocycles. The lowest BCUT2D eigenvalue weighted by Crippen LogP contribution is -2.17. The second-order valence-electron chi connectivity index (χ2n) is 6.87. The molecule has 4 aromatic rings. The van der Waals surface area contributed by atoms with Crippen LogP contribution in [0.25, 0.3) is 11.0 Å². The molecule has 1 heterocycles. The van der Waals surface area contributed by atoms with Gasteiger partial charge in [0.25, 0.3) is 10.0 Å². The summed E-state index contributed by atoms with van der Waals surface area (Å²) in [6.45, 7) is 2.02. The van der Waals surface area contributed by atoms with Crippen molar-refractivity contribution in [2.45, 2.75) is 11.7 Å². The fourth-order valence-electron chi connectivity index (χ4n) is 3.09. The second-order valence-corrected chi connectivity index (χ2v) is 8.55. The summed E-state index contributed by atoms with van der Waals surface area (Å²) in [5.41, 5.74) is 2.97. The van der Waals surface area contributed by atoms with Crippen molar-refractivity contribution in [3.63, 3.8) is 0 Å². The maximum absolute atomic E-state index is 13.0. The maximum atomic E-state index is 13.0. The lowest BCUT2D eigenvalue weighted by molar-refractivity contribution is 0.415. The molecule has 31 heavy (non-hydrogen) atoms. The van der Waals surface area contributed by atoms with Crippen LogP contribution in [0.3, 0.4) is 0 Å². The summed E-state index contributed by atoms with van der Waals surface area (Å²) >= 11 is 0. The zero-order chi connectivity index (χ0) is 21.8. The highest BCUT2D eigenvalue weighted by atomic mass is 32.2. The third-order valence-electron chi connectivity index (χ3n) is 4.78. The Morgan fingerprint density at radius 1 is 0.871 bits per heavy atom. The van der Waals surface area contributed by atoms with E-state index in [-0.39, 0.29) is 10.7 Å². The number of rotatable bonds is 7. The molecule has 1 aromatic heterocycles. The number of benzene rings is 3. The van der Waals surface area contributed by atoms with Crippen LogP contribution in [0, 0.1) is 0 Å². The van der Waals surface area contributed by atoms with E-state index in [1.165, 1.54) is 0 Å². The van der Waals surface area contributed by atoms with Gasteiger partial charge in [0.05, 0.1) is 23.0 Å². The van der Waals surface area contributed by atoms with Crippen molar-refractivity contribution in [1.82, 2.24) is 9.97 Å². The molecule has 4 rings (SSSR count). The Kier molecular flexibility index (Phi) is 5.77. The van der Waals surface area contributed by atoms with Crippen molar-refractivity contribution in [2.24, 2.45) is 0 Å². The topological polar surface area (TPSA) is 93.2 Å². The second kappa shape index (κ2) is 8.65. The molecular weight excluding hydrogens is 411 g/mol. The minimum absolute atomic E-state index is 0.112. The van der Waals surface area contributed by atoms with Gasteiger partial charge in [0.2, 0.25) is 0 Å². The van der Waals surface area contributed by atoms with E-state index >= 15 is 0 Å². The highest BCUT2D eigenvalue weighted by Crippen LogP contribution is 2.28. The standard InChI is InChI=1S/C22H21BN4O3S/c1-23-15-10-12-18(13-11-15)31(28,29)27-22-21(24-16-6-5-7-17(14-16)30-2)25-19-8-3-4-9-20(19)26-22/h3-14,23H,1-2H3,(H,24,25)(H,26,27). The quantitative estimate of drug-likeness (QED) is 0.436. The van der Waals surface area contributed by atoms with Crippen LogP contribution < -0.4 is 20.2 Å². The van der Waals surface area contributed by atoms with Gasteiger partial charge in [0.1, 0.15) is 5.75 Å². The van der Waals surface area contributed by atoms with Crippen molar-refractivity contribution in [2.75, 3.05) is 17.1 Å². The van der Waals surface area contributed by atoms with Gasteiger partial charge in [0.15, 0.2) is 18.9 Å². The van der Waals surface area contributed by atoms with E-state index in [0.717, 1.165) is 12.7 Å². The first-order chi connectivity index (χ1) is 15.0. The van der Waals surface area contributed by atoms with Gasteiger partial charge >= 0.3 is 0 Å². The fraction of sp³-hybridized carbons (Fsp3) is 0.0909. The van der Waals surface area contributed by atoms with Gasteiger partial charge in [-0.15, -0.1) is 0 Å². The number of para-hydroxylation sites is 2. The Morgan fingerprint density at radius 3 is 2.19 bits per heavy atom. The highest BCUT2D eigenvalue weighted by Gasteiger charge is 2.19. The predicted molar refractivity (Wildman–Crippen MR) is 126 cm³/mol. The number of nitrogens with one attached hydrogen (secondary N) is 2. The largest absolute Gasteiger partial charge is 0.497 e. The van der Waals surface area contributed by atoms with Crippen molar-refractivity contribution in [3.05, 3.63) is 72.8 Å². The molecule has 0 radical (unpaired) electrons. The van der Waals surface area contributed by atoms with E-state index < -0.39 is 10.0 Å². The van der Waals surface area contributed by atoms with Crippen LogP contribution in [0.5, 0.6) is 5.75 Å². The molecule has 0 saturated carbocycles. The van der Waals surface area contributed by atoms with Gasteiger partial charge < -0.3 is 10.1 Å². The molecule has 0 atom stereocenters. The molecule has 7 nitrogen and oxygen atoms in total. The van der Waals surface area contributed by atoms with Crippen LogP contribution in [-0.2, 0) is 10.0 Å². The first-order valence-corrected chi connectivity index (χ1v) is 11.3. The first kappa shape index (κ1) is 20.7. The van der Waals surface area contributed by atoms with Gasteiger partial charge in [-0.05, 0) is 36.4 Å². The van der Waals surface area contributed by atoms with Crippen molar-refractivity contribution in [3.8, 4) is 5.75 Å². The molecule has 9 heteroatoms. The fourth-order valence-corrected chi connectivity index (χ4v) is 4.10. The molecule has 2 N–H and O–H groups in total. The van der Waals surface area contributed by atoms with Crippen LogP contribution >= 0.6 is 0 Å². The molecular formula is C22H21BN4O3S. The van der Waals surface area contributed by atoms with E-state index in [9.17, 15) is 8.42 Å². The number of methoxy groups -OCH3 is 1. The molecule has 0 fully saturated rings. The summed E-state index contributed by atoms with van der Waals surface area (Å²) in [5, 5.41) is 3.15. The number of hydrogen-bond donors (Lipinski definition) is 2. The Bertz CT molecular complexity index is 1330. The van der Waals surface area contributed by atoms with E-state index in [1.54, 1.807) is 43.5 Å². The van der Waals surface area contributed by atoms with Crippen molar-refractivity contribution < 1.29 is 13.2 Å². The molecule has 0 aliphatic heterocycles. The lowest BCUT2D eigenvalue weighted by atomic mass is 9.74. The van der Waals surface area contributed by atoms with Crippen LogP contribution in [-0.4, -0.2) is 32.8 Å². The molecule has 0 aliphatic rings. The Labute approximate surface area is 181 Å². The van der Waals surface area contributed by atoms with E-state index in [4.69, 9.17) is 4.74 Å². The summed E-state index contributed by atoms with van der Waals surface area (Å²) in [4.78, 5) is 9.26. The number of anilines is 3. The Balaban J connectivity index is 1.75. The van der Waals surface area contributed by atoms with Crippen molar-refractivity contribution in [1.29, 1.82) is 0 Å². The normalized spacial score (nSPS) is 11.2. The zero-order valence-corrected chi connectivity index (χ0v) is 18.0. The molecule has 0 amide bonds. The van der Waals surface area contributed by atoms with Gasteiger partial charge in [-0.1, -0.05) is 42.6 Å². The summed E-state index contributed by atoms with van der Waals surface area (Å²) in [7, 11) is -1.44. The Morgan fingerprint density at radius 2 is 1.55 bits per heavy atom. The maximum Gasteiger partial charge on any atom is 0.263 e. The third-order valence-corrected chi connectivity index (χ3v) is 6.13. The summed E-state index contributed by atoms with van der Waals surface area (Å²) in [6.07, 6.45) is 0. The van der Waals surface area contributed by atoms with Gasteiger partial charge in [-0.25, -0.2) is 18.4 Å². The number of nitrogens with zero attached hydrogens (tertiary/aromatic N) is 2. The molecule has 0 spiro atoms. The van der Waals surface area contributed by atoms with E-state index in [1.807, 2.05) is 43.2 Å². The van der Waals surface area contributed by atoms with Crippen LogP contribution in [0.2, 0.25) is 6.82 Å². The smallest absolute Gasteiger partial charge is 0.263 e. The van der Waals surface area contributed by atoms with E-state index in [2.05, 4.69) is 20.0 Å². The monoisotopic (exact) mass is 432 g/mol. The third kappa shape index (κ3) is 4.61. The van der Waals surface area contributed by atoms with Gasteiger partial charge in [-0.2, -0.15) is 0 Å². The highest BCUT2D eigenvalue weighted by molar-refractivity contribution is 7.92. The number of ether oxygens (including phenoxy) is 1. The minimum atomic E-state index is -3.85. The number of sulfonamides is 1. The van der Waals surface area contributed by atoms with Gasteiger partial charge in [0, 0.05) is 11.8 Å². The van der Waals surface area contributed by atoms with E-state index in [0.29, 0.717) is 28.3 Å². The zero-order valence-electron chi connectivity index (χ0n) is 17.2. The molecule has 0 aliphatic carbocycles. The van der Waals surface area contributed by atoms with Crippen LogP contribution in [0.4, 0.5) is 17.3 Å². The van der Waals surface area contributed by atoms with Crippen LogP contribution in [0.1, 0.15) is 0 Å². The molecule has 0 bridgehead atoms. The predicted octanol–water partition coefficient (Wildman–Crippen LogP) is 3.29. The van der Waals surface area contributed by atoms with Gasteiger partial charge in [-0.3, -0.25) is 4.72 Å². The molecule has 156 valence electrons. The lowest BCUT2D eigenvalue weighted by Gasteiger charge is -2.14. The SMILES string of the molecule is CBc1ccc(S(=O)(=O)Nc2nc3ccccc3nc2Nc2cccc(OC)c2)cc1. The summed E-state index contributed by atoms with van der Waals surface area (Å²) < 4.78 is 33.9. The Hall–Kier alpha value is -3.59. The molecule has 3 aromatic carbocycles. The number of aromatic nitrogens is 2. The minimum Gasteiger partial charge on any atom is -0.497 e. The van der Waals surface area contributed by atoms with Crippen LogP contribution in [0.15, 0.2) is 77.7 Å².